The van der Waals surface area contributed by atoms with Crippen LogP contribution in [0.25, 0.3) is 0 Å². The van der Waals surface area contributed by atoms with E-state index in [1.165, 1.54) is 63.4 Å². The molecule has 0 aromatic heterocycles. The number of amides is 2. The van der Waals surface area contributed by atoms with Crippen LogP contribution >= 0.6 is 0 Å². The second-order valence-corrected chi connectivity index (χ2v) is 17.2. The van der Waals surface area contributed by atoms with Crippen molar-refractivity contribution >= 4 is 17.8 Å². The van der Waals surface area contributed by atoms with Gasteiger partial charge in [-0.15, -0.1) is 0 Å². The maximum absolute atomic E-state index is 13.7. The lowest BCUT2D eigenvalue weighted by atomic mass is 9.85. The number of unbranched alkanes of at least 4 members (excludes halogenated alkanes) is 13. The third-order valence-corrected chi connectivity index (χ3v) is 10.7. The lowest BCUT2D eigenvalue weighted by Crippen LogP contribution is -2.57. The molecule has 1 aromatic carbocycles. The highest BCUT2D eigenvalue weighted by Crippen LogP contribution is 2.35. The number of aryl methyl sites for hydroxylation is 1. The first-order valence-electron chi connectivity index (χ1n) is 22.2. The Morgan fingerprint density at radius 2 is 1.38 bits per heavy atom. The number of hydrogen-bond acceptors (Lipinski definition) is 6. The fourth-order valence-electron chi connectivity index (χ4n) is 7.22. The Balaban J connectivity index is 1.86. The van der Waals surface area contributed by atoms with Gasteiger partial charge in [0.15, 0.2) is 5.79 Å². The number of esters is 1. The Labute approximate surface area is 336 Å². The molecule has 2 amide bonds. The monoisotopic (exact) mass is 769 g/mol. The zero-order valence-electron chi connectivity index (χ0n) is 36.1. The van der Waals surface area contributed by atoms with Crippen LogP contribution in [0.2, 0.25) is 0 Å². The van der Waals surface area contributed by atoms with Crippen LogP contribution in [0.1, 0.15) is 189 Å². The quantitative estimate of drug-likeness (QED) is 0.0459. The number of carbonyl (C=O) groups is 3. The van der Waals surface area contributed by atoms with E-state index in [0.717, 1.165) is 57.8 Å². The van der Waals surface area contributed by atoms with Crippen LogP contribution < -0.4 is 10.6 Å². The smallest absolute Gasteiger partial charge is 0.308 e. The highest BCUT2D eigenvalue weighted by molar-refractivity contribution is 5.83. The second-order valence-electron chi connectivity index (χ2n) is 17.2. The lowest BCUT2D eigenvalue weighted by Gasteiger charge is -2.45. The Hall–Kier alpha value is -2.71. The van der Waals surface area contributed by atoms with Crippen molar-refractivity contribution in [2.24, 2.45) is 5.41 Å². The van der Waals surface area contributed by atoms with Crippen LogP contribution in [0.5, 0.6) is 0 Å². The van der Waals surface area contributed by atoms with E-state index in [1.54, 1.807) is 0 Å². The van der Waals surface area contributed by atoms with Crippen molar-refractivity contribution < 1.29 is 28.6 Å². The van der Waals surface area contributed by atoms with Crippen LogP contribution in [0.3, 0.4) is 0 Å². The summed E-state index contributed by atoms with van der Waals surface area (Å²) in [5, 5.41) is 6.29. The largest absolute Gasteiger partial charge is 0.460 e. The van der Waals surface area contributed by atoms with E-state index in [9.17, 15) is 14.4 Å². The molecule has 4 atom stereocenters. The number of rotatable bonds is 30. The van der Waals surface area contributed by atoms with E-state index < -0.39 is 29.5 Å². The van der Waals surface area contributed by atoms with Crippen molar-refractivity contribution in [3.8, 4) is 0 Å². The summed E-state index contributed by atoms with van der Waals surface area (Å²) in [5.74, 6) is -1.48. The van der Waals surface area contributed by atoms with E-state index in [-0.39, 0.29) is 30.2 Å². The third-order valence-electron chi connectivity index (χ3n) is 10.7. The van der Waals surface area contributed by atoms with Crippen molar-refractivity contribution in [3.63, 3.8) is 0 Å². The van der Waals surface area contributed by atoms with Gasteiger partial charge in [0.25, 0.3) is 0 Å². The number of ether oxygens (including phenoxy) is 3. The first-order chi connectivity index (χ1) is 26.4. The maximum atomic E-state index is 13.7. The molecule has 8 nitrogen and oxygen atoms in total. The molecule has 314 valence electrons. The zero-order valence-corrected chi connectivity index (χ0v) is 36.1. The van der Waals surface area contributed by atoms with E-state index in [4.69, 9.17) is 14.2 Å². The van der Waals surface area contributed by atoms with Crippen molar-refractivity contribution in [1.29, 1.82) is 0 Å². The molecular weight excluding hydrogens is 689 g/mol. The van der Waals surface area contributed by atoms with Gasteiger partial charge in [0.05, 0.1) is 19.1 Å². The normalized spacial score (nSPS) is 18.1. The minimum Gasteiger partial charge on any atom is -0.460 e. The van der Waals surface area contributed by atoms with Crippen molar-refractivity contribution in [2.75, 3.05) is 6.61 Å². The Morgan fingerprint density at radius 3 is 2.04 bits per heavy atom. The molecule has 55 heavy (non-hydrogen) atoms. The molecule has 1 saturated heterocycles. The molecule has 1 aliphatic rings. The second kappa shape index (κ2) is 27.8. The van der Waals surface area contributed by atoms with Gasteiger partial charge in [-0.3, -0.25) is 14.4 Å². The van der Waals surface area contributed by atoms with Gasteiger partial charge < -0.3 is 24.8 Å². The highest BCUT2D eigenvalue weighted by atomic mass is 16.7. The number of carbonyl (C=O) groups excluding carboxylic acids is 3. The Morgan fingerprint density at radius 1 is 0.782 bits per heavy atom. The molecule has 8 heteroatoms. The summed E-state index contributed by atoms with van der Waals surface area (Å²) in [7, 11) is 0. The number of allylic oxidation sites excluding steroid dienone is 2. The fraction of sp³-hybridized carbons (Fsp3) is 0.766. The fourth-order valence-corrected chi connectivity index (χ4v) is 7.22. The zero-order chi connectivity index (χ0) is 40.4. The SMILES string of the molecule is CCCCCCCCC=CCCCCCCCC(=O)NC(C)C(CCCCC)OC(=O)CC(CCCc1ccccc1)NC(=O)C1OC(C)(C)OCC1(C)C. The molecule has 1 aromatic rings. The van der Waals surface area contributed by atoms with E-state index in [0.29, 0.717) is 25.9 Å². The minimum atomic E-state index is -0.879. The Bertz CT molecular complexity index is 1220. The minimum absolute atomic E-state index is 0.00900. The van der Waals surface area contributed by atoms with Crippen molar-refractivity contribution in [3.05, 3.63) is 48.0 Å². The average molecular weight is 769 g/mol. The van der Waals surface area contributed by atoms with Gasteiger partial charge in [0.2, 0.25) is 11.8 Å². The van der Waals surface area contributed by atoms with Gasteiger partial charge in [0.1, 0.15) is 12.2 Å². The summed E-state index contributed by atoms with van der Waals surface area (Å²) in [6.45, 7) is 14.3. The van der Waals surface area contributed by atoms with Crippen LogP contribution in [-0.2, 0) is 35.0 Å². The van der Waals surface area contributed by atoms with E-state index in [1.807, 2.05) is 52.8 Å². The van der Waals surface area contributed by atoms with Crippen LogP contribution in [0, 0.1) is 5.41 Å². The van der Waals surface area contributed by atoms with Gasteiger partial charge in [-0.2, -0.15) is 0 Å². The van der Waals surface area contributed by atoms with Crippen LogP contribution in [-0.4, -0.2) is 54.5 Å². The first kappa shape index (κ1) is 48.4. The van der Waals surface area contributed by atoms with E-state index >= 15 is 0 Å². The molecule has 0 saturated carbocycles. The van der Waals surface area contributed by atoms with Gasteiger partial charge in [-0.1, -0.05) is 134 Å². The van der Waals surface area contributed by atoms with Gasteiger partial charge in [-0.25, -0.2) is 0 Å². The van der Waals surface area contributed by atoms with Crippen molar-refractivity contribution in [1.82, 2.24) is 10.6 Å². The average Bonchev–Trinajstić information content (AvgIpc) is 3.14. The molecule has 0 spiro atoms. The van der Waals surface area contributed by atoms with Crippen LogP contribution in [0.15, 0.2) is 42.5 Å². The number of hydrogen-bond donors (Lipinski definition) is 2. The standard InChI is InChI=1S/C47H80N2O6/c1-8-10-12-13-14-15-16-17-18-19-20-21-22-23-28-35-42(50)48-38(3)41(34-25-11-9-2)54-43(51)36-40(33-29-32-39-30-26-24-27-31-39)49-45(52)44-46(4,5)37-53-47(6,7)55-44/h17-18,24,26-27,30-31,38,40-41,44H,8-16,19-23,25,28-29,32-37H2,1-7H3,(H,48,50)(H,49,52). The van der Waals surface area contributed by atoms with Crippen LogP contribution in [0.4, 0.5) is 0 Å². The third kappa shape index (κ3) is 22.0. The molecule has 1 aliphatic heterocycles. The molecule has 4 unspecified atom stereocenters. The molecular formula is C47H80N2O6. The topological polar surface area (TPSA) is 103 Å². The van der Waals surface area contributed by atoms with E-state index in [2.05, 4.69) is 48.8 Å². The maximum Gasteiger partial charge on any atom is 0.308 e. The number of nitrogens with one attached hydrogen (secondary N) is 2. The predicted octanol–water partition coefficient (Wildman–Crippen LogP) is 11.1. The van der Waals surface area contributed by atoms with Gasteiger partial charge in [0, 0.05) is 17.9 Å². The molecule has 1 fully saturated rings. The number of benzene rings is 1. The molecule has 0 bridgehead atoms. The summed E-state index contributed by atoms with van der Waals surface area (Å²) >= 11 is 0. The summed E-state index contributed by atoms with van der Waals surface area (Å²) in [6, 6.07) is 9.51. The summed E-state index contributed by atoms with van der Waals surface area (Å²) in [6.07, 6.45) is 25.9. The molecule has 0 aliphatic carbocycles. The lowest BCUT2D eigenvalue weighted by molar-refractivity contribution is -0.304. The van der Waals surface area contributed by atoms with Gasteiger partial charge >= 0.3 is 5.97 Å². The Kier molecular flexibility index (Phi) is 24.5. The summed E-state index contributed by atoms with van der Waals surface area (Å²) in [5.41, 5.74) is 0.685. The first-order valence-corrected chi connectivity index (χ1v) is 22.2. The summed E-state index contributed by atoms with van der Waals surface area (Å²) in [4.78, 5) is 40.3. The molecule has 2 rings (SSSR count). The van der Waals surface area contributed by atoms with Gasteiger partial charge in [-0.05, 0) is 90.5 Å². The molecule has 1 heterocycles. The molecule has 2 N–H and O–H groups in total. The summed E-state index contributed by atoms with van der Waals surface area (Å²) < 4.78 is 18.1. The van der Waals surface area contributed by atoms with Crippen molar-refractivity contribution in [2.45, 2.75) is 220 Å². The predicted molar refractivity (Wildman–Crippen MR) is 226 cm³/mol. The highest BCUT2D eigenvalue weighted by Gasteiger charge is 2.46. The molecule has 0 radical (unpaired) electrons.